The first-order valence-electron chi connectivity index (χ1n) is 12.9. The van der Waals surface area contributed by atoms with E-state index >= 15 is 0 Å². The zero-order valence-electron chi connectivity index (χ0n) is 21.3. The van der Waals surface area contributed by atoms with Gasteiger partial charge in [-0.2, -0.15) is 0 Å². The average molecular weight is 504 g/mol. The second-order valence-electron chi connectivity index (χ2n) is 10.2. The van der Waals surface area contributed by atoms with Gasteiger partial charge in [0.2, 0.25) is 5.88 Å². The van der Waals surface area contributed by atoms with Gasteiger partial charge in [-0.05, 0) is 69.2 Å². The number of piperidine rings is 1. The van der Waals surface area contributed by atoms with Crippen molar-refractivity contribution < 1.29 is 24.0 Å². The van der Waals surface area contributed by atoms with Gasteiger partial charge in [-0.3, -0.25) is 10.1 Å². The number of hydrogen-bond donors (Lipinski definition) is 2. The lowest BCUT2D eigenvalue weighted by molar-refractivity contribution is -0.138. The number of rotatable bonds is 8. The van der Waals surface area contributed by atoms with Crippen LogP contribution in [0.3, 0.4) is 0 Å². The van der Waals surface area contributed by atoms with E-state index in [1.807, 2.05) is 56.3 Å². The molecule has 3 aromatic rings. The predicted octanol–water partition coefficient (Wildman–Crippen LogP) is 6.57. The minimum absolute atomic E-state index is 0.107. The monoisotopic (exact) mass is 503 g/mol. The first-order valence-corrected chi connectivity index (χ1v) is 12.9. The molecule has 2 fully saturated rings. The van der Waals surface area contributed by atoms with Gasteiger partial charge in [0.15, 0.2) is 0 Å². The van der Waals surface area contributed by atoms with Crippen molar-refractivity contribution in [1.82, 2.24) is 5.16 Å². The smallest absolute Gasteiger partial charge is 0.414 e. The van der Waals surface area contributed by atoms with Gasteiger partial charge >= 0.3 is 12.1 Å². The minimum atomic E-state index is -0.710. The van der Waals surface area contributed by atoms with Crippen molar-refractivity contribution in [2.45, 2.75) is 64.5 Å². The maximum atomic E-state index is 12.6. The van der Waals surface area contributed by atoms with Crippen LogP contribution in [-0.4, -0.2) is 34.9 Å². The van der Waals surface area contributed by atoms with E-state index in [1.54, 1.807) is 0 Å². The summed E-state index contributed by atoms with van der Waals surface area (Å²) < 4.78 is 11.0. The van der Waals surface area contributed by atoms with Crippen LogP contribution in [0, 0.1) is 12.3 Å². The highest BCUT2D eigenvalue weighted by Crippen LogP contribution is 2.56. The van der Waals surface area contributed by atoms with E-state index in [0.29, 0.717) is 11.3 Å². The van der Waals surface area contributed by atoms with E-state index in [2.05, 4.69) is 27.5 Å². The molecule has 5 rings (SSSR count). The van der Waals surface area contributed by atoms with Crippen molar-refractivity contribution in [3.8, 4) is 11.1 Å². The van der Waals surface area contributed by atoms with E-state index < -0.39 is 18.2 Å². The summed E-state index contributed by atoms with van der Waals surface area (Å²) in [7, 11) is 0. The van der Waals surface area contributed by atoms with Gasteiger partial charge in [-0.1, -0.05) is 47.6 Å². The van der Waals surface area contributed by atoms with Crippen molar-refractivity contribution in [1.29, 1.82) is 0 Å². The molecule has 2 N–H and O–H groups in total. The summed E-state index contributed by atoms with van der Waals surface area (Å²) in [4.78, 5) is 26.5. The van der Waals surface area contributed by atoms with Crippen LogP contribution >= 0.6 is 0 Å². The number of nitrogens with zero attached hydrogens (tertiary/aromatic N) is 2. The van der Waals surface area contributed by atoms with Crippen molar-refractivity contribution in [2.75, 3.05) is 16.8 Å². The Kier molecular flexibility index (Phi) is 6.91. The third-order valence-electron chi connectivity index (χ3n) is 7.72. The number of ether oxygens (including phenoxy) is 1. The molecule has 1 aliphatic carbocycles. The number of benzene rings is 2. The fourth-order valence-corrected chi connectivity index (χ4v) is 5.66. The predicted molar refractivity (Wildman–Crippen MR) is 141 cm³/mol. The molecule has 0 spiro atoms. The number of nitrogens with one attached hydrogen (secondary N) is 1. The average Bonchev–Trinajstić information content (AvgIpc) is 3.58. The lowest BCUT2D eigenvalue weighted by atomic mass is 9.84. The van der Waals surface area contributed by atoms with Crippen LogP contribution < -0.4 is 10.2 Å². The van der Waals surface area contributed by atoms with Crippen molar-refractivity contribution in [3.05, 3.63) is 65.9 Å². The largest absolute Gasteiger partial charge is 0.481 e. The number of aliphatic carboxylic acids is 1. The fourth-order valence-electron chi connectivity index (χ4n) is 5.66. The Balaban J connectivity index is 1.31. The lowest BCUT2D eigenvalue weighted by Crippen LogP contribution is -2.46. The highest BCUT2D eigenvalue weighted by atomic mass is 16.6. The first kappa shape index (κ1) is 24.9. The first-order chi connectivity index (χ1) is 17.9. The quantitative estimate of drug-likeness (QED) is 0.358. The van der Waals surface area contributed by atoms with Gasteiger partial charge in [0, 0.05) is 23.7 Å². The molecule has 2 heterocycles. The van der Waals surface area contributed by atoms with E-state index in [4.69, 9.17) is 9.26 Å². The van der Waals surface area contributed by atoms with Crippen LogP contribution in [0.25, 0.3) is 11.1 Å². The standard InChI is InChI=1S/C29H33N3O5/c1-19-26(27(37-31-19)30-28(35)36-20(2)21-8-4-3-5-9-21)22-11-13-23(14-12-22)32-17-7-6-10-24(32)29(15-16-29)18-25(33)34/h3-5,8-9,11-14,20,24H,6-7,10,15-18H2,1-2H3,(H,30,35)(H,33,34). The molecule has 0 bridgehead atoms. The number of aromatic nitrogens is 1. The SMILES string of the molecule is Cc1noc(NC(=O)OC(C)c2ccccc2)c1-c1ccc(N2CCCCC2C2(CC(=O)O)CC2)cc1. The zero-order valence-corrected chi connectivity index (χ0v) is 21.3. The van der Waals surface area contributed by atoms with Crippen LogP contribution in [0.1, 0.15) is 62.8 Å². The maximum absolute atomic E-state index is 12.6. The molecule has 1 saturated heterocycles. The Hall–Kier alpha value is -3.81. The number of carbonyl (C=O) groups is 2. The Labute approximate surface area is 216 Å². The van der Waals surface area contributed by atoms with E-state index in [9.17, 15) is 14.7 Å². The summed E-state index contributed by atoms with van der Waals surface area (Å²) in [6.07, 6.45) is 4.42. The molecule has 8 nitrogen and oxygen atoms in total. The van der Waals surface area contributed by atoms with Crippen LogP contribution in [0.4, 0.5) is 16.4 Å². The summed E-state index contributed by atoms with van der Waals surface area (Å²) in [6.45, 7) is 4.57. The second kappa shape index (κ2) is 10.3. The Morgan fingerprint density at radius 1 is 1.16 bits per heavy atom. The molecule has 1 saturated carbocycles. The molecule has 8 heteroatoms. The van der Waals surface area contributed by atoms with Gasteiger partial charge in [0.05, 0.1) is 17.7 Å². The van der Waals surface area contributed by atoms with Crippen LogP contribution in [0.5, 0.6) is 0 Å². The van der Waals surface area contributed by atoms with Crippen LogP contribution in [0.15, 0.2) is 59.1 Å². The number of aryl methyl sites for hydroxylation is 1. The molecule has 0 radical (unpaired) electrons. The summed E-state index contributed by atoms with van der Waals surface area (Å²) in [6, 6.07) is 17.9. The van der Waals surface area contributed by atoms with E-state index in [1.165, 1.54) is 0 Å². The summed E-state index contributed by atoms with van der Waals surface area (Å²) in [5.41, 5.74) is 4.11. The Bertz CT molecular complexity index is 1250. The van der Waals surface area contributed by atoms with Crippen molar-refractivity contribution in [2.24, 2.45) is 5.41 Å². The molecular formula is C29H33N3O5. The number of carboxylic acids is 1. The van der Waals surface area contributed by atoms with Crippen LogP contribution in [-0.2, 0) is 9.53 Å². The minimum Gasteiger partial charge on any atom is -0.481 e. The van der Waals surface area contributed by atoms with Gasteiger partial charge < -0.3 is 19.3 Å². The van der Waals surface area contributed by atoms with Gasteiger partial charge in [0.1, 0.15) is 6.10 Å². The normalized spacial score (nSPS) is 19.2. The molecule has 2 atom stereocenters. The number of carboxylic acid groups (broad SMARTS) is 1. The molecule has 2 aromatic carbocycles. The Morgan fingerprint density at radius 3 is 2.57 bits per heavy atom. The van der Waals surface area contributed by atoms with E-state index in [0.717, 1.165) is 55.5 Å². The van der Waals surface area contributed by atoms with Crippen LogP contribution in [0.2, 0.25) is 0 Å². The second-order valence-corrected chi connectivity index (χ2v) is 10.2. The fraction of sp³-hybridized carbons (Fsp3) is 0.414. The number of anilines is 2. The number of carbonyl (C=O) groups excluding carboxylic acids is 1. The number of amides is 1. The Morgan fingerprint density at radius 2 is 1.89 bits per heavy atom. The van der Waals surface area contributed by atoms with Crippen molar-refractivity contribution in [3.63, 3.8) is 0 Å². The van der Waals surface area contributed by atoms with Crippen molar-refractivity contribution >= 4 is 23.6 Å². The summed E-state index contributed by atoms with van der Waals surface area (Å²) in [5, 5.41) is 16.2. The molecule has 194 valence electrons. The maximum Gasteiger partial charge on any atom is 0.414 e. The molecule has 2 aliphatic rings. The lowest BCUT2D eigenvalue weighted by Gasteiger charge is -2.42. The molecule has 1 aromatic heterocycles. The van der Waals surface area contributed by atoms with Gasteiger partial charge in [-0.15, -0.1) is 0 Å². The summed E-state index contributed by atoms with van der Waals surface area (Å²) in [5.74, 6) is -0.470. The van der Waals surface area contributed by atoms with E-state index in [-0.39, 0.29) is 23.8 Å². The zero-order chi connectivity index (χ0) is 26.0. The van der Waals surface area contributed by atoms with Gasteiger partial charge in [0.25, 0.3) is 0 Å². The summed E-state index contributed by atoms with van der Waals surface area (Å²) >= 11 is 0. The molecule has 2 unspecified atom stereocenters. The highest BCUT2D eigenvalue weighted by Gasteiger charge is 2.53. The molecule has 37 heavy (non-hydrogen) atoms. The molecule has 1 amide bonds. The van der Waals surface area contributed by atoms with Gasteiger partial charge in [-0.25, -0.2) is 4.79 Å². The third kappa shape index (κ3) is 5.33. The molecule has 1 aliphatic heterocycles. The topological polar surface area (TPSA) is 105 Å². The molecular weight excluding hydrogens is 470 g/mol. The third-order valence-corrected chi connectivity index (χ3v) is 7.72. The number of hydrogen-bond acceptors (Lipinski definition) is 6. The highest BCUT2D eigenvalue weighted by molar-refractivity contribution is 5.90.